The minimum Gasteiger partial charge on any atom is -0.481 e. The molecule has 0 saturated heterocycles. The molecule has 0 aliphatic rings. The number of aliphatic carboxylic acids is 1. The second kappa shape index (κ2) is 7.29. The summed E-state index contributed by atoms with van der Waals surface area (Å²) in [6, 6.07) is 0. The van der Waals surface area contributed by atoms with Crippen molar-refractivity contribution in [3.05, 3.63) is 0 Å². The highest BCUT2D eigenvalue weighted by Crippen LogP contribution is 1.57. The summed E-state index contributed by atoms with van der Waals surface area (Å²) in [7, 11) is 0. The molecule has 0 spiro atoms. The molecule has 0 aliphatic carbocycles. The fourth-order valence-corrected chi connectivity index (χ4v) is 0. The number of thiol groups is 1. The van der Waals surface area contributed by atoms with Gasteiger partial charge in [0.2, 0.25) is 5.91 Å². The molecule has 0 fully saturated rings. The first-order valence-corrected chi connectivity index (χ1v) is 2.55. The van der Waals surface area contributed by atoms with Crippen molar-refractivity contribution >= 4 is 24.7 Å². The molecule has 0 radical (unpaired) electrons. The van der Waals surface area contributed by atoms with E-state index in [2.05, 4.69) is 17.5 Å². The van der Waals surface area contributed by atoms with Gasteiger partial charge in [0.1, 0.15) is 0 Å². The average Bonchev–Trinajstić information content (AvgIpc) is 1.65. The van der Waals surface area contributed by atoms with Gasteiger partial charge in [-0.15, -0.1) is 0 Å². The number of carboxylic acid groups (broad SMARTS) is 1. The van der Waals surface area contributed by atoms with Crippen LogP contribution in [-0.4, -0.2) is 17.0 Å². The lowest BCUT2D eigenvalue weighted by Crippen LogP contribution is -2.04. The third-order valence-electron chi connectivity index (χ3n) is 0.157. The Morgan fingerprint density at radius 3 is 1.56 bits per heavy atom. The molecule has 0 aromatic heterocycles. The Kier molecular flexibility index (Phi) is 9.02. The van der Waals surface area contributed by atoms with Gasteiger partial charge in [-0.1, -0.05) is 12.8 Å². The molecule has 0 aromatic carbocycles. The molecular formula is C4H9NO3S. The lowest BCUT2D eigenvalue weighted by molar-refractivity contribution is -0.134. The van der Waals surface area contributed by atoms with Crippen molar-refractivity contribution in [1.29, 1.82) is 0 Å². The summed E-state index contributed by atoms with van der Waals surface area (Å²) in [5, 5.41) is 7.42. The van der Waals surface area contributed by atoms with E-state index in [1.807, 2.05) is 0 Å². The van der Waals surface area contributed by atoms with Crippen LogP contribution in [0.1, 0.15) is 13.8 Å². The van der Waals surface area contributed by atoms with Crippen molar-refractivity contribution in [2.75, 3.05) is 0 Å². The number of carbonyl (C=O) groups excluding carboxylic acids is 1. The highest BCUT2D eigenvalue weighted by Gasteiger charge is 1.73. The molecule has 4 nitrogen and oxygen atoms in total. The first-order chi connectivity index (χ1) is 4.00. The summed E-state index contributed by atoms with van der Waals surface area (Å²) >= 11 is 3.42. The van der Waals surface area contributed by atoms with Crippen LogP contribution in [0.15, 0.2) is 0 Å². The molecule has 0 rings (SSSR count). The van der Waals surface area contributed by atoms with Gasteiger partial charge in [-0.3, -0.25) is 9.59 Å². The fourth-order valence-electron chi connectivity index (χ4n) is 0. The molecule has 0 saturated carbocycles. The van der Waals surface area contributed by atoms with Crippen molar-refractivity contribution in [3.63, 3.8) is 0 Å². The summed E-state index contributed by atoms with van der Waals surface area (Å²) in [6.45, 7) is 2.48. The Balaban J connectivity index is 0. The van der Waals surface area contributed by atoms with E-state index < -0.39 is 5.97 Å². The van der Waals surface area contributed by atoms with Crippen LogP contribution in [0.3, 0.4) is 0 Å². The third kappa shape index (κ3) is 123. The van der Waals surface area contributed by atoms with Gasteiger partial charge in [0, 0.05) is 13.8 Å². The molecule has 0 aliphatic heterocycles. The fraction of sp³-hybridized carbons (Fsp3) is 0.500. The predicted octanol–water partition coefficient (Wildman–Crippen LogP) is 0.0582. The third-order valence-corrected chi connectivity index (χ3v) is 0.472. The molecule has 9 heavy (non-hydrogen) atoms. The molecule has 0 atom stereocenters. The van der Waals surface area contributed by atoms with Crippen LogP contribution in [0, 0.1) is 0 Å². The van der Waals surface area contributed by atoms with E-state index in [1.54, 1.807) is 0 Å². The van der Waals surface area contributed by atoms with Crippen molar-refractivity contribution in [2.45, 2.75) is 13.8 Å². The van der Waals surface area contributed by atoms with Crippen LogP contribution in [-0.2, 0) is 9.59 Å². The maximum atomic E-state index is 9.62. The van der Waals surface area contributed by atoms with Gasteiger partial charge in [0.05, 0.1) is 0 Å². The molecule has 54 valence electrons. The van der Waals surface area contributed by atoms with Crippen molar-refractivity contribution in [3.8, 4) is 0 Å². The van der Waals surface area contributed by atoms with Crippen molar-refractivity contribution in [1.82, 2.24) is 4.72 Å². The number of carboxylic acids is 1. The van der Waals surface area contributed by atoms with Crippen LogP contribution in [0.4, 0.5) is 0 Å². The Labute approximate surface area is 58.8 Å². The van der Waals surface area contributed by atoms with Crippen LogP contribution >= 0.6 is 12.8 Å². The minimum atomic E-state index is -0.833. The van der Waals surface area contributed by atoms with Crippen LogP contribution in [0.2, 0.25) is 0 Å². The summed E-state index contributed by atoms with van der Waals surface area (Å²) in [4.78, 5) is 18.6. The van der Waals surface area contributed by atoms with Crippen LogP contribution in [0.25, 0.3) is 0 Å². The molecule has 0 heterocycles. The van der Waals surface area contributed by atoms with Crippen LogP contribution < -0.4 is 4.72 Å². The maximum Gasteiger partial charge on any atom is 0.300 e. The summed E-state index contributed by atoms with van der Waals surface area (Å²) in [6.07, 6.45) is 0. The zero-order valence-electron chi connectivity index (χ0n) is 5.21. The minimum absolute atomic E-state index is 0.131. The molecular weight excluding hydrogens is 142 g/mol. The Hall–Kier alpha value is -0.710. The number of carbonyl (C=O) groups is 2. The second-order valence-electron chi connectivity index (χ2n) is 1.19. The molecule has 5 heteroatoms. The Morgan fingerprint density at radius 1 is 1.44 bits per heavy atom. The lowest BCUT2D eigenvalue weighted by atomic mass is 10.8. The maximum absolute atomic E-state index is 9.62. The van der Waals surface area contributed by atoms with E-state index in [-0.39, 0.29) is 5.91 Å². The SMILES string of the molecule is CC(=O)NS.CC(=O)O. The van der Waals surface area contributed by atoms with Gasteiger partial charge in [0.25, 0.3) is 5.97 Å². The zero-order valence-corrected chi connectivity index (χ0v) is 6.11. The zero-order chi connectivity index (χ0) is 7.86. The first-order valence-electron chi connectivity index (χ1n) is 2.11. The summed E-state index contributed by atoms with van der Waals surface area (Å²) in [5.74, 6) is -0.965. The standard InChI is InChI=1S/C2H5NOS.C2H4O2/c1-2(4)3-5;1-2(3)4/h5H,1H3,(H,3,4);1H3,(H,3,4). The summed E-state index contributed by atoms with van der Waals surface area (Å²) < 4.78 is 2.08. The van der Waals surface area contributed by atoms with E-state index >= 15 is 0 Å². The molecule has 0 aromatic rings. The van der Waals surface area contributed by atoms with Crippen molar-refractivity contribution < 1.29 is 14.7 Å². The van der Waals surface area contributed by atoms with Crippen LogP contribution in [0.5, 0.6) is 0 Å². The first kappa shape index (κ1) is 11.1. The largest absolute Gasteiger partial charge is 0.481 e. The van der Waals surface area contributed by atoms with Crippen molar-refractivity contribution in [2.24, 2.45) is 0 Å². The highest BCUT2D eigenvalue weighted by atomic mass is 32.1. The lowest BCUT2D eigenvalue weighted by Gasteiger charge is -1.78. The number of nitrogens with one attached hydrogen (secondary N) is 1. The normalized spacial score (nSPS) is 6.56. The van der Waals surface area contributed by atoms with E-state index in [0.717, 1.165) is 6.92 Å². The molecule has 0 unspecified atom stereocenters. The van der Waals surface area contributed by atoms with E-state index in [1.165, 1.54) is 6.92 Å². The van der Waals surface area contributed by atoms with Gasteiger partial charge in [0.15, 0.2) is 0 Å². The number of rotatable bonds is 0. The highest BCUT2D eigenvalue weighted by molar-refractivity contribution is 7.78. The van der Waals surface area contributed by atoms with Gasteiger partial charge >= 0.3 is 0 Å². The van der Waals surface area contributed by atoms with E-state index in [4.69, 9.17) is 9.90 Å². The number of hydrogen-bond acceptors (Lipinski definition) is 3. The molecule has 0 bridgehead atoms. The van der Waals surface area contributed by atoms with Gasteiger partial charge in [-0.2, -0.15) is 0 Å². The quantitative estimate of drug-likeness (QED) is 0.429. The predicted molar refractivity (Wildman–Crippen MR) is 36.1 cm³/mol. The van der Waals surface area contributed by atoms with E-state index in [9.17, 15) is 4.79 Å². The number of amides is 1. The van der Waals surface area contributed by atoms with Gasteiger partial charge in [-0.05, 0) is 0 Å². The Morgan fingerprint density at radius 2 is 1.56 bits per heavy atom. The van der Waals surface area contributed by atoms with Gasteiger partial charge < -0.3 is 9.83 Å². The monoisotopic (exact) mass is 151 g/mol. The topological polar surface area (TPSA) is 66.4 Å². The molecule has 1 amide bonds. The van der Waals surface area contributed by atoms with E-state index in [0.29, 0.717) is 0 Å². The summed E-state index contributed by atoms with van der Waals surface area (Å²) in [5.41, 5.74) is 0. The molecule has 2 N–H and O–H groups in total. The Bertz CT molecular complexity index is 100.0. The number of hydrogen-bond donors (Lipinski definition) is 3. The smallest absolute Gasteiger partial charge is 0.300 e. The second-order valence-corrected chi connectivity index (χ2v) is 1.41. The van der Waals surface area contributed by atoms with Gasteiger partial charge in [-0.25, -0.2) is 0 Å². The average molecular weight is 151 g/mol.